The lowest BCUT2D eigenvalue weighted by Crippen LogP contribution is -2.33. The zero-order chi connectivity index (χ0) is 17.5. The van der Waals surface area contributed by atoms with Gasteiger partial charge in [0, 0.05) is 6.61 Å². The number of hydrogen-bond acceptors (Lipinski definition) is 2. The smallest absolute Gasteiger partial charge is 0.125 e. The van der Waals surface area contributed by atoms with E-state index in [9.17, 15) is 0 Å². The van der Waals surface area contributed by atoms with Crippen molar-refractivity contribution >= 4 is 0 Å². The van der Waals surface area contributed by atoms with Crippen LogP contribution in [0.5, 0.6) is 5.75 Å². The average Bonchev–Trinajstić information content (AvgIpc) is 2.51. The van der Waals surface area contributed by atoms with Crippen LogP contribution < -0.4 is 4.74 Å². The second kappa shape index (κ2) is 9.32. The van der Waals surface area contributed by atoms with E-state index < -0.39 is 0 Å². The maximum Gasteiger partial charge on any atom is 0.125 e. The second-order valence-electron chi connectivity index (χ2n) is 7.38. The highest BCUT2D eigenvalue weighted by Gasteiger charge is 2.21. The van der Waals surface area contributed by atoms with E-state index in [1.54, 1.807) is 0 Å². The van der Waals surface area contributed by atoms with E-state index >= 15 is 0 Å². The third-order valence-corrected chi connectivity index (χ3v) is 4.22. The largest absolute Gasteiger partial charge is 0.490 e. The minimum atomic E-state index is -0.256. The van der Waals surface area contributed by atoms with Gasteiger partial charge in [0.2, 0.25) is 0 Å². The highest BCUT2D eigenvalue weighted by Crippen LogP contribution is 2.29. The molecule has 0 saturated heterocycles. The highest BCUT2D eigenvalue weighted by atomic mass is 16.5. The van der Waals surface area contributed by atoms with Crippen LogP contribution >= 0.6 is 0 Å². The van der Waals surface area contributed by atoms with Crippen molar-refractivity contribution < 1.29 is 9.47 Å². The molecule has 0 aromatic heterocycles. The maximum atomic E-state index is 6.25. The monoisotopic (exact) mass is 320 g/mol. The summed E-state index contributed by atoms with van der Waals surface area (Å²) in [6.45, 7) is 16.7. The first-order valence-corrected chi connectivity index (χ1v) is 9.24. The van der Waals surface area contributed by atoms with Crippen LogP contribution in [0.25, 0.3) is 0 Å². The van der Waals surface area contributed by atoms with Gasteiger partial charge in [-0.3, -0.25) is 0 Å². The molecule has 0 N–H and O–H groups in total. The van der Waals surface area contributed by atoms with E-state index in [1.807, 2.05) is 0 Å². The van der Waals surface area contributed by atoms with Gasteiger partial charge in [0.05, 0.1) is 5.60 Å². The lowest BCUT2D eigenvalue weighted by Gasteiger charge is -2.27. The Balaban J connectivity index is 2.79. The lowest BCUT2D eigenvalue weighted by atomic mass is 9.99. The van der Waals surface area contributed by atoms with Crippen LogP contribution in [0.15, 0.2) is 12.1 Å². The second-order valence-corrected chi connectivity index (χ2v) is 7.38. The number of rotatable bonds is 10. The van der Waals surface area contributed by atoms with Crippen molar-refractivity contribution in [1.82, 2.24) is 0 Å². The molecule has 0 radical (unpaired) electrons. The zero-order valence-corrected chi connectivity index (χ0v) is 16.3. The average molecular weight is 321 g/mol. The van der Waals surface area contributed by atoms with Crippen molar-refractivity contribution in [3.63, 3.8) is 0 Å². The first-order chi connectivity index (χ1) is 10.8. The molecule has 0 aliphatic carbocycles. The first kappa shape index (κ1) is 20.0. The van der Waals surface area contributed by atoms with Crippen LogP contribution in [0.4, 0.5) is 0 Å². The Labute approximate surface area is 143 Å². The molecule has 23 heavy (non-hydrogen) atoms. The Bertz CT molecular complexity index is 450. The fraction of sp³-hybridized carbons (Fsp3) is 0.714. The molecule has 0 amide bonds. The Morgan fingerprint density at radius 3 is 1.96 bits per heavy atom. The third kappa shape index (κ3) is 6.55. The molecule has 0 fully saturated rings. The topological polar surface area (TPSA) is 18.5 Å². The van der Waals surface area contributed by atoms with Gasteiger partial charge in [-0.25, -0.2) is 0 Å². The van der Waals surface area contributed by atoms with E-state index in [-0.39, 0.29) is 5.60 Å². The molecule has 0 saturated carbocycles. The fourth-order valence-electron chi connectivity index (χ4n) is 2.60. The molecule has 1 aromatic carbocycles. The summed E-state index contributed by atoms with van der Waals surface area (Å²) in [5.41, 5.74) is 3.78. The molecule has 0 aliphatic rings. The van der Waals surface area contributed by atoms with Crippen LogP contribution in [0, 0.1) is 5.92 Å². The molecule has 1 aromatic rings. The van der Waals surface area contributed by atoms with Crippen LogP contribution in [0.2, 0.25) is 0 Å². The Morgan fingerprint density at radius 2 is 1.52 bits per heavy atom. The van der Waals surface area contributed by atoms with Gasteiger partial charge in [-0.15, -0.1) is 0 Å². The van der Waals surface area contributed by atoms with Crippen molar-refractivity contribution in [2.24, 2.45) is 5.92 Å². The summed E-state index contributed by atoms with van der Waals surface area (Å²) in [6.07, 6.45) is 4.18. The summed E-state index contributed by atoms with van der Waals surface area (Å²) in [4.78, 5) is 0. The van der Waals surface area contributed by atoms with Crippen molar-refractivity contribution in [3.05, 3.63) is 28.8 Å². The molecule has 0 aliphatic heterocycles. The third-order valence-electron chi connectivity index (χ3n) is 4.22. The van der Waals surface area contributed by atoms with Crippen LogP contribution in [-0.2, 0) is 24.0 Å². The molecule has 132 valence electrons. The maximum absolute atomic E-state index is 6.25. The predicted octanol–water partition coefficient (Wildman–Crippen LogP) is 5.59. The minimum absolute atomic E-state index is 0.256. The van der Waals surface area contributed by atoms with Crippen molar-refractivity contribution in [2.45, 2.75) is 79.8 Å². The summed E-state index contributed by atoms with van der Waals surface area (Å²) < 4.78 is 12.3. The Morgan fingerprint density at radius 1 is 0.957 bits per heavy atom. The van der Waals surface area contributed by atoms with Gasteiger partial charge in [0.1, 0.15) is 12.4 Å². The van der Waals surface area contributed by atoms with E-state index in [0.717, 1.165) is 38.0 Å². The number of ether oxygens (including phenoxy) is 2. The van der Waals surface area contributed by atoms with Crippen LogP contribution in [-0.4, -0.2) is 18.8 Å². The minimum Gasteiger partial charge on any atom is -0.490 e. The quantitative estimate of drug-likeness (QED) is 0.559. The van der Waals surface area contributed by atoms with Gasteiger partial charge in [0.25, 0.3) is 0 Å². The standard InChI is InChI=1S/C21H36O2/c1-8-17-13-18(9-2)20(19(10-3)14-17)22-15-21(6,7)23-12-11-16(4)5/h13-14,16H,8-12,15H2,1-7H3. The van der Waals surface area contributed by atoms with Gasteiger partial charge < -0.3 is 9.47 Å². The van der Waals surface area contributed by atoms with E-state index in [1.165, 1.54) is 16.7 Å². The van der Waals surface area contributed by atoms with Gasteiger partial charge in [-0.1, -0.05) is 46.8 Å². The van der Waals surface area contributed by atoms with Crippen molar-refractivity contribution in [2.75, 3.05) is 13.2 Å². The lowest BCUT2D eigenvalue weighted by molar-refractivity contribution is -0.0505. The summed E-state index contributed by atoms with van der Waals surface area (Å²) in [5, 5.41) is 0. The SMILES string of the molecule is CCc1cc(CC)c(OCC(C)(C)OCCC(C)C)c(CC)c1. The van der Waals surface area contributed by atoms with E-state index in [4.69, 9.17) is 9.47 Å². The molecule has 0 unspecified atom stereocenters. The van der Waals surface area contributed by atoms with Crippen molar-refractivity contribution in [3.8, 4) is 5.75 Å². The molecule has 0 atom stereocenters. The molecule has 1 rings (SSSR count). The van der Waals surface area contributed by atoms with Gasteiger partial charge in [-0.2, -0.15) is 0 Å². The van der Waals surface area contributed by atoms with Crippen molar-refractivity contribution in [1.29, 1.82) is 0 Å². The van der Waals surface area contributed by atoms with Gasteiger partial charge >= 0.3 is 0 Å². The highest BCUT2D eigenvalue weighted by molar-refractivity contribution is 5.45. The first-order valence-electron chi connectivity index (χ1n) is 9.24. The number of aryl methyl sites for hydroxylation is 3. The van der Waals surface area contributed by atoms with Crippen LogP contribution in [0.3, 0.4) is 0 Å². The summed E-state index contributed by atoms with van der Waals surface area (Å²) in [7, 11) is 0. The molecule has 2 heteroatoms. The Hall–Kier alpha value is -1.02. The molecular formula is C21H36O2. The summed E-state index contributed by atoms with van der Waals surface area (Å²) >= 11 is 0. The Kier molecular flexibility index (Phi) is 8.11. The predicted molar refractivity (Wildman–Crippen MR) is 99.6 cm³/mol. The van der Waals surface area contributed by atoms with Gasteiger partial charge in [-0.05, 0) is 62.1 Å². The zero-order valence-electron chi connectivity index (χ0n) is 16.3. The fourth-order valence-corrected chi connectivity index (χ4v) is 2.60. The molecule has 0 bridgehead atoms. The number of hydrogen-bond donors (Lipinski definition) is 0. The van der Waals surface area contributed by atoms with E-state index in [2.05, 4.69) is 60.6 Å². The molecule has 0 spiro atoms. The number of benzene rings is 1. The summed E-state index contributed by atoms with van der Waals surface area (Å²) in [5.74, 6) is 1.75. The molecule has 0 heterocycles. The van der Waals surface area contributed by atoms with E-state index in [0.29, 0.717) is 12.5 Å². The normalized spacial score (nSPS) is 12.0. The summed E-state index contributed by atoms with van der Waals surface area (Å²) in [6, 6.07) is 4.59. The molecular weight excluding hydrogens is 284 g/mol. The molecule has 2 nitrogen and oxygen atoms in total. The van der Waals surface area contributed by atoms with Crippen LogP contribution in [0.1, 0.15) is 71.6 Å². The van der Waals surface area contributed by atoms with Gasteiger partial charge in [0.15, 0.2) is 0 Å².